The fourth-order valence-electron chi connectivity index (χ4n) is 1.23. The zero-order chi connectivity index (χ0) is 12.0. The highest BCUT2D eigenvalue weighted by Crippen LogP contribution is 2.25. The molecule has 1 N–H and O–H groups in total. The Morgan fingerprint density at radius 3 is 2.56 bits per heavy atom. The third kappa shape index (κ3) is 3.95. The van der Waals surface area contributed by atoms with Crippen LogP contribution >= 0.6 is 11.8 Å². The summed E-state index contributed by atoms with van der Waals surface area (Å²) >= 11 is 1.51. The van der Waals surface area contributed by atoms with Crippen molar-refractivity contribution in [2.75, 3.05) is 0 Å². The molecule has 1 rings (SSSR count). The van der Waals surface area contributed by atoms with Gasteiger partial charge in [-0.15, -0.1) is 11.8 Å². The van der Waals surface area contributed by atoms with E-state index in [1.165, 1.54) is 11.8 Å². The average molecular weight is 235 g/mol. The number of carbonyl (C=O) groups is 1. The zero-order valence-electron chi connectivity index (χ0n) is 9.01. The predicted octanol–water partition coefficient (Wildman–Crippen LogP) is 2.71. The lowest BCUT2D eigenvalue weighted by atomic mass is 10.2. The minimum Gasteiger partial charge on any atom is -0.481 e. The van der Waals surface area contributed by atoms with E-state index in [2.05, 4.69) is 6.07 Å². The SMILES string of the molecule is CCC(C#N)Sc1ccc(CC(=O)O)cc1. The van der Waals surface area contributed by atoms with Crippen molar-refractivity contribution in [1.82, 2.24) is 0 Å². The summed E-state index contributed by atoms with van der Waals surface area (Å²) in [6.45, 7) is 1.97. The Morgan fingerprint density at radius 2 is 2.12 bits per heavy atom. The number of hydrogen-bond acceptors (Lipinski definition) is 3. The van der Waals surface area contributed by atoms with Crippen LogP contribution in [0.4, 0.5) is 0 Å². The predicted molar refractivity (Wildman–Crippen MR) is 63.3 cm³/mol. The van der Waals surface area contributed by atoms with Gasteiger partial charge in [0, 0.05) is 4.90 Å². The van der Waals surface area contributed by atoms with E-state index < -0.39 is 5.97 Å². The number of rotatable bonds is 5. The van der Waals surface area contributed by atoms with E-state index in [9.17, 15) is 4.79 Å². The van der Waals surface area contributed by atoms with Crippen molar-refractivity contribution in [1.29, 1.82) is 5.26 Å². The van der Waals surface area contributed by atoms with Crippen LogP contribution in [0.25, 0.3) is 0 Å². The highest BCUT2D eigenvalue weighted by molar-refractivity contribution is 8.00. The molecule has 3 nitrogen and oxygen atoms in total. The Morgan fingerprint density at radius 1 is 1.50 bits per heavy atom. The third-order valence-electron chi connectivity index (χ3n) is 2.07. The van der Waals surface area contributed by atoms with E-state index in [1.54, 1.807) is 12.1 Å². The van der Waals surface area contributed by atoms with Crippen LogP contribution in [0.5, 0.6) is 0 Å². The lowest BCUT2D eigenvalue weighted by Gasteiger charge is -2.06. The highest BCUT2D eigenvalue weighted by atomic mass is 32.2. The molecule has 1 unspecified atom stereocenters. The van der Waals surface area contributed by atoms with Gasteiger partial charge in [-0.1, -0.05) is 19.1 Å². The molecular formula is C12H13NO2S. The molecule has 0 aliphatic heterocycles. The van der Waals surface area contributed by atoms with Gasteiger partial charge in [0.25, 0.3) is 0 Å². The molecule has 0 saturated carbocycles. The lowest BCUT2D eigenvalue weighted by Crippen LogP contribution is -2.00. The Bertz CT molecular complexity index is 394. The summed E-state index contributed by atoms with van der Waals surface area (Å²) in [5.41, 5.74) is 0.779. The molecule has 0 heterocycles. The standard InChI is InChI=1S/C12H13NO2S/c1-2-10(8-13)16-11-5-3-9(4-6-11)7-12(14)15/h3-6,10H,2,7H2,1H3,(H,14,15). The molecule has 1 aromatic carbocycles. The van der Waals surface area contributed by atoms with Gasteiger partial charge in [0.1, 0.15) is 0 Å². The summed E-state index contributed by atoms with van der Waals surface area (Å²) in [5.74, 6) is -0.830. The monoisotopic (exact) mass is 235 g/mol. The molecule has 0 bridgehead atoms. The Kier molecular flexibility index (Phi) is 4.87. The molecule has 0 fully saturated rings. The van der Waals surface area contributed by atoms with Crippen molar-refractivity contribution in [3.8, 4) is 6.07 Å². The number of thioether (sulfide) groups is 1. The van der Waals surface area contributed by atoms with Crippen LogP contribution in [-0.2, 0) is 11.2 Å². The van der Waals surface area contributed by atoms with E-state index in [-0.39, 0.29) is 11.7 Å². The molecule has 0 saturated heterocycles. The number of hydrogen-bond donors (Lipinski definition) is 1. The van der Waals surface area contributed by atoms with Crippen molar-refractivity contribution < 1.29 is 9.90 Å². The molecule has 1 atom stereocenters. The number of nitriles is 1. The first-order valence-electron chi connectivity index (χ1n) is 5.02. The maximum atomic E-state index is 10.5. The molecule has 0 aliphatic rings. The summed E-state index contributed by atoms with van der Waals surface area (Å²) in [5, 5.41) is 17.4. The summed E-state index contributed by atoms with van der Waals surface area (Å²) in [6.07, 6.45) is 0.846. The van der Waals surface area contributed by atoms with E-state index in [1.807, 2.05) is 19.1 Å². The fraction of sp³-hybridized carbons (Fsp3) is 0.333. The van der Waals surface area contributed by atoms with Gasteiger partial charge in [0.15, 0.2) is 0 Å². The minimum absolute atomic E-state index is 0.0367. The number of carboxylic acid groups (broad SMARTS) is 1. The molecule has 0 radical (unpaired) electrons. The van der Waals surface area contributed by atoms with E-state index in [4.69, 9.17) is 10.4 Å². The van der Waals surface area contributed by atoms with Crippen molar-refractivity contribution >= 4 is 17.7 Å². The Labute approximate surface area is 99.1 Å². The van der Waals surface area contributed by atoms with Gasteiger partial charge in [0.2, 0.25) is 0 Å². The first kappa shape index (κ1) is 12.6. The van der Waals surface area contributed by atoms with E-state index in [0.29, 0.717) is 0 Å². The maximum absolute atomic E-state index is 10.5. The van der Waals surface area contributed by atoms with E-state index in [0.717, 1.165) is 16.9 Å². The van der Waals surface area contributed by atoms with Gasteiger partial charge in [-0.25, -0.2) is 0 Å². The molecule has 1 aromatic rings. The van der Waals surface area contributed by atoms with Gasteiger partial charge in [-0.2, -0.15) is 5.26 Å². The van der Waals surface area contributed by atoms with Gasteiger partial charge in [0.05, 0.1) is 17.7 Å². The van der Waals surface area contributed by atoms with Crippen LogP contribution in [0.3, 0.4) is 0 Å². The van der Waals surface area contributed by atoms with Crippen LogP contribution in [0, 0.1) is 11.3 Å². The molecule has 0 spiro atoms. The van der Waals surface area contributed by atoms with Crippen molar-refractivity contribution in [2.45, 2.75) is 29.9 Å². The molecule has 16 heavy (non-hydrogen) atoms. The van der Waals surface area contributed by atoms with Gasteiger partial charge >= 0.3 is 5.97 Å². The molecule has 0 aliphatic carbocycles. The van der Waals surface area contributed by atoms with Crippen molar-refractivity contribution in [3.05, 3.63) is 29.8 Å². The topological polar surface area (TPSA) is 61.1 Å². The van der Waals surface area contributed by atoms with Crippen LogP contribution < -0.4 is 0 Å². The van der Waals surface area contributed by atoms with Crippen LogP contribution in [0.15, 0.2) is 29.2 Å². The molecule has 0 aromatic heterocycles. The summed E-state index contributed by atoms with van der Waals surface area (Å²) in [6, 6.07) is 9.53. The summed E-state index contributed by atoms with van der Waals surface area (Å²) < 4.78 is 0. The van der Waals surface area contributed by atoms with Gasteiger partial charge in [-0.3, -0.25) is 4.79 Å². The quantitative estimate of drug-likeness (QED) is 0.797. The van der Waals surface area contributed by atoms with Gasteiger partial charge in [-0.05, 0) is 24.1 Å². The maximum Gasteiger partial charge on any atom is 0.307 e. The largest absolute Gasteiger partial charge is 0.481 e. The molecular weight excluding hydrogens is 222 g/mol. The van der Waals surface area contributed by atoms with Crippen molar-refractivity contribution in [3.63, 3.8) is 0 Å². The second kappa shape index (κ2) is 6.19. The number of carboxylic acids is 1. The second-order valence-corrected chi connectivity index (χ2v) is 4.63. The summed E-state index contributed by atoms with van der Waals surface area (Å²) in [4.78, 5) is 11.5. The Balaban J connectivity index is 2.64. The van der Waals surface area contributed by atoms with Crippen molar-refractivity contribution in [2.24, 2.45) is 0 Å². The lowest BCUT2D eigenvalue weighted by molar-refractivity contribution is -0.136. The molecule has 4 heteroatoms. The zero-order valence-corrected chi connectivity index (χ0v) is 9.83. The van der Waals surface area contributed by atoms with E-state index >= 15 is 0 Å². The second-order valence-electron chi connectivity index (χ2n) is 3.36. The first-order valence-corrected chi connectivity index (χ1v) is 5.90. The van der Waals surface area contributed by atoms with Crippen LogP contribution in [-0.4, -0.2) is 16.3 Å². The highest BCUT2D eigenvalue weighted by Gasteiger charge is 2.06. The normalized spacial score (nSPS) is 11.8. The molecule has 84 valence electrons. The number of aliphatic carboxylic acids is 1. The van der Waals surface area contributed by atoms with Gasteiger partial charge < -0.3 is 5.11 Å². The summed E-state index contributed by atoms with van der Waals surface area (Å²) in [7, 11) is 0. The third-order valence-corrected chi connectivity index (χ3v) is 3.34. The number of nitrogens with zero attached hydrogens (tertiary/aromatic N) is 1. The smallest absolute Gasteiger partial charge is 0.307 e. The van der Waals surface area contributed by atoms with Crippen LogP contribution in [0.2, 0.25) is 0 Å². The van der Waals surface area contributed by atoms with Crippen LogP contribution in [0.1, 0.15) is 18.9 Å². The molecule has 0 amide bonds. The fourth-order valence-corrected chi connectivity index (χ4v) is 2.07. The average Bonchev–Trinajstić information content (AvgIpc) is 2.27. The minimum atomic E-state index is -0.830. The Hall–Kier alpha value is -1.47. The number of benzene rings is 1. The first-order chi connectivity index (χ1) is 7.65.